The Bertz CT molecular complexity index is 1020. The van der Waals surface area contributed by atoms with Crippen molar-refractivity contribution in [2.75, 3.05) is 11.4 Å². The Kier molecular flexibility index (Phi) is 5.32. The molecule has 1 heterocycles. The molecule has 140 valence electrons. The average molecular weight is 384 g/mol. The van der Waals surface area contributed by atoms with E-state index in [1.807, 2.05) is 6.07 Å². The highest BCUT2D eigenvalue weighted by Gasteiger charge is 2.23. The number of hydrogen-bond donors (Lipinski definition) is 1. The van der Waals surface area contributed by atoms with Crippen LogP contribution in [0.1, 0.15) is 29.1 Å². The molecule has 0 saturated carbocycles. The number of furan rings is 1. The van der Waals surface area contributed by atoms with Crippen LogP contribution in [0.3, 0.4) is 0 Å². The molecule has 3 rings (SSSR count). The minimum absolute atomic E-state index is 0.0483. The smallest absolute Gasteiger partial charge is 0.264 e. The second kappa shape index (κ2) is 7.67. The largest absolute Gasteiger partial charge is 0.467 e. The van der Waals surface area contributed by atoms with Gasteiger partial charge in [-0.15, -0.1) is 0 Å². The molecular weight excluding hydrogens is 364 g/mol. The van der Waals surface area contributed by atoms with E-state index in [4.69, 9.17) is 4.42 Å². The molecule has 3 aromatic rings. The van der Waals surface area contributed by atoms with Crippen molar-refractivity contribution in [2.45, 2.75) is 17.9 Å². The number of sulfonamides is 1. The molecule has 0 radical (unpaired) electrons. The van der Waals surface area contributed by atoms with E-state index in [1.54, 1.807) is 55.5 Å². The highest BCUT2D eigenvalue weighted by Crippen LogP contribution is 2.22. The van der Waals surface area contributed by atoms with Crippen LogP contribution in [0.5, 0.6) is 0 Å². The van der Waals surface area contributed by atoms with Crippen molar-refractivity contribution in [3.05, 3.63) is 84.3 Å². The third-order valence-electron chi connectivity index (χ3n) is 4.19. The molecule has 0 aliphatic carbocycles. The van der Waals surface area contributed by atoms with E-state index in [0.717, 1.165) is 0 Å². The number of nitrogens with one attached hydrogen (secondary N) is 1. The van der Waals surface area contributed by atoms with Gasteiger partial charge in [0.25, 0.3) is 15.9 Å². The first-order valence-electron chi connectivity index (χ1n) is 8.38. The van der Waals surface area contributed by atoms with E-state index in [9.17, 15) is 13.2 Å². The van der Waals surface area contributed by atoms with Gasteiger partial charge in [-0.05, 0) is 49.4 Å². The third-order valence-corrected chi connectivity index (χ3v) is 5.97. The average Bonchev–Trinajstić information content (AvgIpc) is 3.23. The van der Waals surface area contributed by atoms with Crippen molar-refractivity contribution in [3.8, 4) is 0 Å². The fraction of sp³-hybridized carbons (Fsp3) is 0.150. The number of hydrogen-bond acceptors (Lipinski definition) is 4. The zero-order valence-corrected chi connectivity index (χ0v) is 15.8. The fourth-order valence-electron chi connectivity index (χ4n) is 2.62. The van der Waals surface area contributed by atoms with Gasteiger partial charge in [-0.3, -0.25) is 9.10 Å². The molecule has 1 N–H and O–H groups in total. The summed E-state index contributed by atoms with van der Waals surface area (Å²) in [5.74, 6) is 0.245. The summed E-state index contributed by atoms with van der Waals surface area (Å²) in [4.78, 5) is 12.6. The quantitative estimate of drug-likeness (QED) is 0.704. The first kappa shape index (κ1) is 18.7. The van der Waals surface area contributed by atoms with Gasteiger partial charge in [0.2, 0.25) is 0 Å². The van der Waals surface area contributed by atoms with Crippen molar-refractivity contribution in [2.24, 2.45) is 0 Å². The number of anilines is 1. The first-order valence-corrected chi connectivity index (χ1v) is 9.82. The lowest BCUT2D eigenvalue weighted by Crippen LogP contribution is -2.28. The van der Waals surface area contributed by atoms with Crippen molar-refractivity contribution < 1.29 is 17.6 Å². The zero-order chi connectivity index (χ0) is 19.4. The molecule has 1 aromatic heterocycles. The summed E-state index contributed by atoms with van der Waals surface area (Å²) in [6.45, 7) is 1.79. The molecule has 6 nitrogen and oxygen atoms in total. The highest BCUT2D eigenvalue weighted by molar-refractivity contribution is 7.92. The van der Waals surface area contributed by atoms with Crippen molar-refractivity contribution in [1.29, 1.82) is 0 Å². The van der Waals surface area contributed by atoms with Gasteiger partial charge in [0.1, 0.15) is 5.76 Å². The summed E-state index contributed by atoms with van der Waals surface area (Å²) in [5, 5.41) is 2.80. The molecule has 0 spiro atoms. The molecule has 0 bridgehead atoms. The van der Waals surface area contributed by atoms with Gasteiger partial charge in [-0.2, -0.15) is 0 Å². The summed E-state index contributed by atoms with van der Waals surface area (Å²) in [5.41, 5.74) is 0.801. The summed E-state index contributed by atoms with van der Waals surface area (Å²) in [6.07, 6.45) is 1.53. The molecule has 1 amide bonds. The number of nitrogens with zero attached hydrogens (tertiary/aromatic N) is 1. The molecule has 2 aromatic carbocycles. The number of carbonyl (C=O) groups excluding carboxylic acids is 1. The van der Waals surface area contributed by atoms with E-state index in [1.165, 1.54) is 29.7 Å². The van der Waals surface area contributed by atoms with Gasteiger partial charge in [0, 0.05) is 12.6 Å². The van der Waals surface area contributed by atoms with Gasteiger partial charge < -0.3 is 9.73 Å². The Labute approximate surface area is 158 Å². The van der Waals surface area contributed by atoms with Crippen LogP contribution in [0, 0.1) is 0 Å². The van der Waals surface area contributed by atoms with Gasteiger partial charge in [-0.1, -0.05) is 24.3 Å². The second-order valence-electron chi connectivity index (χ2n) is 6.05. The number of benzene rings is 2. The molecule has 27 heavy (non-hydrogen) atoms. The molecule has 0 saturated heterocycles. The Morgan fingerprint density at radius 1 is 1.04 bits per heavy atom. The molecular formula is C20H20N2O4S. The van der Waals surface area contributed by atoms with Crippen molar-refractivity contribution in [3.63, 3.8) is 0 Å². The second-order valence-corrected chi connectivity index (χ2v) is 8.02. The first-order chi connectivity index (χ1) is 12.9. The van der Waals surface area contributed by atoms with Crippen LogP contribution in [0.2, 0.25) is 0 Å². The Morgan fingerprint density at radius 2 is 1.78 bits per heavy atom. The van der Waals surface area contributed by atoms with E-state index in [0.29, 0.717) is 11.4 Å². The predicted octanol–water partition coefficient (Wildman–Crippen LogP) is 3.60. The molecule has 7 heteroatoms. The van der Waals surface area contributed by atoms with Gasteiger partial charge in [-0.25, -0.2) is 8.42 Å². The van der Waals surface area contributed by atoms with E-state index in [-0.39, 0.29) is 22.4 Å². The number of carbonyl (C=O) groups is 1. The van der Waals surface area contributed by atoms with E-state index < -0.39 is 10.0 Å². The Hall–Kier alpha value is -3.06. The van der Waals surface area contributed by atoms with Crippen LogP contribution in [-0.2, 0) is 10.0 Å². The Balaban J connectivity index is 1.83. The third kappa shape index (κ3) is 4.03. The van der Waals surface area contributed by atoms with E-state index in [2.05, 4.69) is 5.32 Å². The molecule has 0 unspecified atom stereocenters. The predicted molar refractivity (Wildman–Crippen MR) is 103 cm³/mol. The van der Waals surface area contributed by atoms with Crippen LogP contribution in [0.15, 0.2) is 82.3 Å². The zero-order valence-electron chi connectivity index (χ0n) is 15.0. The molecule has 0 fully saturated rings. The summed E-state index contributed by atoms with van der Waals surface area (Å²) < 4.78 is 32.3. The normalized spacial score (nSPS) is 12.4. The number of amides is 1. The summed E-state index contributed by atoms with van der Waals surface area (Å²) in [7, 11) is -2.30. The lowest BCUT2D eigenvalue weighted by atomic mass is 10.2. The minimum Gasteiger partial charge on any atom is -0.467 e. The topological polar surface area (TPSA) is 79.6 Å². The molecule has 0 aliphatic heterocycles. The van der Waals surface area contributed by atoms with E-state index >= 15 is 0 Å². The molecule has 0 aliphatic rings. The number of para-hydroxylation sites is 1. The van der Waals surface area contributed by atoms with Crippen LogP contribution in [0.4, 0.5) is 5.69 Å². The Morgan fingerprint density at radius 3 is 2.44 bits per heavy atom. The highest BCUT2D eigenvalue weighted by atomic mass is 32.2. The number of rotatable bonds is 6. The summed E-state index contributed by atoms with van der Waals surface area (Å²) >= 11 is 0. The lowest BCUT2D eigenvalue weighted by Gasteiger charge is -2.20. The van der Waals surface area contributed by atoms with Crippen LogP contribution < -0.4 is 9.62 Å². The lowest BCUT2D eigenvalue weighted by molar-refractivity contribution is 0.0935. The van der Waals surface area contributed by atoms with Crippen LogP contribution >= 0.6 is 0 Å². The monoisotopic (exact) mass is 384 g/mol. The van der Waals surface area contributed by atoms with Gasteiger partial charge >= 0.3 is 0 Å². The maximum atomic E-state index is 12.9. The maximum Gasteiger partial charge on any atom is 0.264 e. The van der Waals surface area contributed by atoms with Crippen LogP contribution in [-0.4, -0.2) is 21.4 Å². The van der Waals surface area contributed by atoms with Crippen LogP contribution in [0.25, 0.3) is 0 Å². The SMILES string of the molecule is C[C@H](NC(=O)c1cccc(S(=O)(=O)N(C)c2ccccc2)c1)c1ccco1. The summed E-state index contributed by atoms with van der Waals surface area (Å²) in [6, 6.07) is 17.9. The van der Waals surface area contributed by atoms with Gasteiger partial charge in [0.05, 0.1) is 22.9 Å². The standard InChI is InChI=1S/C20H20N2O4S/c1-15(19-12-7-13-26-19)21-20(23)16-8-6-11-18(14-16)27(24,25)22(2)17-9-4-3-5-10-17/h3-15H,1-2H3,(H,21,23)/t15-/m0/s1. The maximum absolute atomic E-state index is 12.9. The van der Waals surface area contributed by atoms with Gasteiger partial charge in [0.15, 0.2) is 0 Å². The van der Waals surface area contributed by atoms with Crippen molar-refractivity contribution >= 4 is 21.6 Å². The molecule has 1 atom stereocenters. The minimum atomic E-state index is -3.78. The van der Waals surface area contributed by atoms with Crippen molar-refractivity contribution in [1.82, 2.24) is 5.32 Å². The fourth-order valence-corrected chi connectivity index (χ4v) is 3.86.